The van der Waals surface area contributed by atoms with E-state index >= 15 is 0 Å². The third kappa shape index (κ3) is 4.20. The van der Waals surface area contributed by atoms with Crippen LogP contribution in [-0.4, -0.2) is 45.5 Å². The highest BCUT2D eigenvalue weighted by atomic mass is 16.3. The van der Waals surface area contributed by atoms with Gasteiger partial charge in [0.05, 0.1) is 18.3 Å². The minimum atomic E-state index is -0.235. The first kappa shape index (κ1) is 16.8. The first-order valence-electron chi connectivity index (χ1n) is 7.53. The number of nitrogens with zero attached hydrogens (tertiary/aromatic N) is 3. The second-order valence-electron chi connectivity index (χ2n) is 5.14. The van der Waals surface area contributed by atoms with Gasteiger partial charge in [-0.2, -0.15) is 5.10 Å². The van der Waals surface area contributed by atoms with Crippen LogP contribution in [-0.2, 0) is 0 Å². The van der Waals surface area contributed by atoms with Gasteiger partial charge >= 0.3 is 6.03 Å². The number of para-hydroxylation sites is 1. The van der Waals surface area contributed by atoms with Gasteiger partial charge in [-0.25, -0.2) is 9.48 Å². The van der Waals surface area contributed by atoms with E-state index in [1.54, 1.807) is 17.0 Å². The minimum Gasteiger partial charge on any atom is -0.395 e. The standard InChI is InChI=1S/C17H22N4O2/c1-3-10-20(12-13-22)17(23)19-14(2)15-7-4-5-8-16(15)21-11-6-9-18-21/h3-9,11,14,22H,1,10,12-13H2,2H3,(H,19,23). The Kier molecular flexibility index (Phi) is 5.94. The summed E-state index contributed by atoms with van der Waals surface area (Å²) in [6.07, 6.45) is 5.22. The molecule has 122 valence electrons. The molecule has 0 saturated carbocycles. The minimum absolute atomic E-state index is 0.0838. The van der Waals surface area contributed by atoms with Gasteiger partial charge in [0.15, 0.2) is 0 Å². The van der Waals surface area contributed by atoms with Gasteiger partial charge in [0, 0.05) is 25.5 Å². The lowest BCUT2D eigenvalue weighted by Crippen LogP contribution is -2.42. The first-order valence-corrected chi connectivity index (χ1v) is 7.53. The lowest BCUT2D eigenvalue weighted by molar-refractivity contribution is 0.181. The monoisotopic (exact) mass is 314 g/mol. The molecule has 2 N–H and O–H groups in total. The molecule has 0 saturated heterocycles. The van der Waals surface area contributed by atoms with Crippen LogP contribution in [0, 0.1) is 0 Å². The van der Waals surface area contributed by atoms with Gasteiger partial charge in [0.2, 0.25) is 0 Å². The Morgan fingerprint density at radius 2 is 2.26 bits per heavy atom. The zero-order valence-electron chi connectivity index (χ0n) is 13.2. The Balaban J connectivity index is 2.16. The highest BCUT2D eigenvalue weighted by Gasteiger charge is 2.17. The third-order valence-electron chi connectivity index (χ3n) is 3.50. The predicted octanol–water partition coefficient (Wildman–Crippen LogP) is 2.12. The van der Waals surface area contributed by atoms with E-state index in [-0.39, 0.29) is 25.2 Å². The fraction of sp³-hybridized carbons (Fsp3) is 0.294. The molecular formula is C17H22N4O2. The summed E-state index contributed by atoms with van der Waals surface area (Å²) in [5.74, 6) is 0. The molecule has 2 rings (SSSR count). The summed E-state index contributed by atoms with van der Waals surface area (Å²) in [6, 6.07) is 9.21. The van der Waals surface area contributed by atoms with Gasteiger partial charge < -0.3 is 15.3 Å². The van der Waals surface area contributed by atoms with Crippen molar-refractivity contribution in [3.8, 4) is 5.69 Å². The lowest BCUT2D eigenvalue weighted by Gasteiger charge is -2.24. The van der Waals surface area contributed by atoms with Crippen molar-refractivity contribution in [2.45, 2.75) is 13.0 Å². The van der Waals surface area contributed by atoms with Crippen molar-refractivity contribution in [1.29, 1.82) is 0 Å². The van der Waals surface area contributed by atoms with E-state index in [0.29, 0.717) is 6.54 Å². The average molecular weight is 314 g/mol. The van der Waals surface area contributed by atoms with E-state index in [0.717, 1.165) is 11.3 Å². The lowest BCUT2D eigenvalue weighted by atomic mass is 10.1. The van der Waals surface area contributed by atoms with Crippen LogP contribution in [0.25, 0.3) is 5.69 Å². The number of urea groups is 1. The summed E-state index contributed by atoms with van der Waals surface area (Å²) in [5, 5.41) is 16.3. The number of amides is 2. The predicted molar refractivity (Wildman–Crippen MR) is 89.4 cm³/mol. The summed E-state index contributed by atoms with van der Waals surface area (Å²) in [6.45, 7) is 6.13. The first-order chi connectivity index (χ1) is 11.2. The largest absolute Gasteiger partial charge is 0.395 e. The number of rotatable bonds is 7. The third-order valence-corrected chi connectivity index (χ3v) is 3.50. The van der Waals surface area contributed by atoms with Crippen LogP contribution in [0.3, 0.4) is 0 Å². The highest BCUT2D eigenvalue weighted by Crippen LogP contribution is 2.21. The molecule has 0 aliphatic carbocycles. The number of hydrogen-bond donors (Lipinski definition) is 2. The topological polar surface area (TPSA) is 70.4 Å². The maximum atomic E-state index is 12.3. The van der Waals surface area contributed by atoms with E-state index in [2.05, 4.69) is 17.0 Å². The molecule has 1 atom stereocenters. The van der Waals surface area contributed by atoms with E-state index in [1.165, 1.54) is 4.90 Å². The number of carbonyl (C=O) groups is 1. The van der Waals surface area contributed by atoms with Gasteiger partial charge in [-0.1, -0.05) is 24.3 Å². The van der Waals surface area contributed by atoms with Crippen molar-refractivity contribution in [2.24, 2.45) is 0 Å². The normalized spacial score (nSPS) is 11.7. The van der Waals surface area contributed by atoms with Crippen molar-refractivity contribution in [2.75, 3.05) is 19.7 Å². The maximum Gasteiger partial charge on any atom is 0.318 e. The van der Waals surface area contributed by atoms with Crippen LogP contribution in [0.2, 0.25) is 0 Å². The summed E-state index contributed by atoms with van der Waals surface area (Å²) in [7, 11) is 0. The SMILES string of the molecule is C=CCN(CCO)C(=O)NC(C)c1ccccc1-n1cccn1. The summed E-state index contributed by atoms with van der Waals surface area (Å²) >= 11 is 0. The molecule has 2 amide bonds. The number of benzene rings is 1. The van der Waals surface area contributed by atoms with E-state index in [4.69, 9.17) is 5.11 Å². The fourth-order valence-corrected chi connectivity index (χ4v) is 2.38. The number of carbonyl (C=O) groups excluding carboxylic acids is 1. The van der Waals surface area contributed by atoms with Crippen LogP contribution in [0.4, 0.5) is 4.79 Å². The van der Waals surface area contributed by atoms with E-state index in [1.807, 2.05) is 43.5 Å². The molecule has 1 unspecified atom stereocenters. The molecule has 23 heavy (non-hydrogen) atoms. The van der Waals surface area contributed by atoms with Crippen molar-refractivity contribution in [3.05, 3.63) is 60.9 Å². The quantitative estimate of drug-likeness (QED) is 0.769. The van der Waals surface area contributed by atoms with Gasteiger partial charge in [0.25, 0.3) is 0 Å². The van der Waals surface area contributed by atoms with Crippen molar-refractivity contribution in [3.63, 3.8) is 0 Å². The van der Waals surface area contributed by atoms with Crippen LogP contribution in [0.15, 0.2) is 55.4 Å². The maximum absolute atomic E-state index is 12.3. The molecule has 0 fully saturated rings. The summed E-state index contributed by atoms with van der Waals surface area (Å²) in [4.78, 5) is 13.9. The molecular weight excluding hydrogens is 292 g/mol. The zero-order chi connectivity index (χ0) is 16.7. The van der Waals surface area contributed by atoms with Crippen LogP contribution >= 0.6 is 0 Å². The molecule has 2 aromatic rings. The highest BCUT2D eigenvalue weighted by molar-refractivity contribution is 5.75. The Hall–Kier alpha value is -2.60. The van der Waals surface area contributed by atoms with E-state index in [9.17, 15) is 4.79 Å². The van der Waals surface area contributed by atoms with Gasteiger partial charge in [-0.05, 0) is 24.6 Å². The average Bonchev–Trinajstić information content (AvgIpc) is 3.09. The van der Waals surface area contributed by atoms with Crippen LogP contribution < -0.4 is 5.32 Å². The molecule has 0 aliphatic heterocycles. The summed E-state index contributed by atoms with van der Waals surface area (Å²) < 4.78 is 1.77. The second kappa shape index (κ2) is 8.14. The number of aliphatic hydroxyl groups excluding tert-OH is 1. The molecule has 1 heterocycles. The van der Waals surface area contributed by atoms with Gasteiger partial charge in [-0.3, -0.25) is 0 Å². The molecule has 6 heteroatoms. The smallest absolute Gasteiger partial charge is 0.318 e. The Bertz CT molecular complexity index is 640. The van der Waals surface area contributed by atoms with Gasteiger partial charge in [0.1, 0.15) is 0 Å². The number of aromatic nitrogens is 2. The number of hydrogen-bond acceptors (Lipinski definition) is 3. The van der Waals surface area contributed by atoms with Crippen LogP contribution in [0.1, 0.15) is 18.5 Å². The fourth-order valence-electron chi connectivity index (χ4n) is 2.38. The molecule has 1 aromatic heterocycles. The Morgan fingerprint density at radius 1 is 1.48 bits per heavy atom. The van der Waals surface area contributed by atoms with Crippen molar-refractivity contribution >= 4 is 6.03 Å². The van der Waals surface area contributed by atoms with Crippen molar-refractivity contribution in [1.82, 2.24) is 20.0 Å². The molecule has 0 bridgehead atoms. The number of nitrogens with one attached hydrogen (secondary N) is 1. The molecule has 0 radical (unpaired) electrons. The zero-order valence-corrected chi connectivity index (χ0v) is 13.2. The molecule has 0 spiro atoms. The molecule has 6 nitrogen and oxygen atoms in total. The number of aliphatic hydroxyl groups is 1. The van der Waals surface area contributed by atoms with Crippen LogP contribution in [0.5, 0.6) is 0 Å². The van der Waals surface area contributed by atoms with E-state index < -0.39 is 0 Å². The van der Waals surface area contributed by atoms with Gasteiger partial charge in [-0.15, -0.1) is 6.58 Å². The summed E-state index contributed by atoms with van der Waals surface area (Å²) in [5.41, 5.74) is 1.88. The molecule has 1 aromatic carbocycles. The Labute approximate surface area is 136 Å². The Morgan fingerprint density at radius 3 is 2.91 bits per heavy atom. The molecule has 0 aliphatic rings. The second-order valence-corrected chi connectivity index (χ2v) is 5.14. The van der Waals surface area contributed by atoms with Crippen molar-refractivity contribution < 1.29 is 9.90 Å².